The minimum Gasteiger partial charge on any atom is -0.480 e. The molecule has 1 aliphatic heterocycles. The van der Waals surface area contributed by atoms with Crippen LogP contribution in [0.2, 0.25) is 0 Å². The maximum atomic E-state index is 11.0. The number of hydrogen-bond donors (Lipinski definition) is 1. The highest BCUT2D eigenvalue weighted by atomic mass is 16.5. The molecule has 1 rings (SSSR count). The molecule has 0 aromatic heterocycles. The maximum absolute atomic E-state index is 11.0. The van der Waals surface area contributed by atoms with Crippen LogP contribution in [0.4, 0.5) is 0 Å². The number of carboxylic acid groups (broad SMARTS) is 1. The molecular weight excluding hydrogens is 206 g/mol. The molecule has 0 saturated carbocycles. The van der Waals surface area contributed by atoms with Gasteiger partial charge in [0.2, 0.25) is 0 Å². The van der Waals surface area contributed by atoms with Crippen molar-refractivity contribution in [2.45, 2.75) is 45.8 Å². The molecule has 94 valence electrons. The summed E-state index contributed by atoms with van der Waals surface area (Å²) >= 11 is 0. The lowest BCUT2D eigenvalue weighted by atomic mass is 10.2. The fourth-order valence-electron chi connectivity index (χ4n) is 2.09. The Balaban J connectivity index is 2.36. The van der Waals surface area contributed by atoms with Gasteiger partial charge < -0.3 is 9.84 Å². The van der Waals surface area contributed by atoms with Crippen molar-refractivity contribution in [2.75, 3.05) is 19.7 Å². The number of carbonyl (C=O) groups is 1. The van der Waals surface area contributed by atoms with Crippen molar-refractivity contribution < 1.29 is 14.6 Å². The van der Waals surface area contributed by atoms with Crippen molar-refractivity contribution in [1.82, 2.24) is 4.90 Å². The lowest BCUT2D eigenvalue weighted by Gasteiger charge is -2.23. The van der Waals surface area contributed by atoms with E-state index in [0.29, 0.717) is 12.3 Å². The standard InChI is InChI=1S/C12H23NO3/c1-4-11(12(14)15)13-6-5-10(7-13)16-8-9(2)3/h9-11H,4-8H2,1-3H3,(H,14,15). The lowest BCUT2D eigenvalue weighted by molar-refractivity contribution is -0.143. The molecule has 0 amide bonds. The quantitative estimate of drug-likeness (QED) is 0.751. The van der Waals surface area contributed by atoms with Crippen molar-refractivity contribution >= 4 is 5.97 Å². The summed E-state index contributed by atoms with van der Waals surface area (Å²) in [6.07, 6.45) is 1.83. The summed E-state index contributed by atoms with van der Waals surface area (Å²) in [4.78, 5) is 13.0. The number of aliphatic carboxylic acids is 1. The van der Waals surface area contributed by atoms with E-state index in [2.05, 4.69) is 13.8 Å². The Kier molecular flexibility index (Phi) is 5.22. The number of nitrogens with zero attached hydrogens (tertiary/aromatic N) is 1. The van der Waals surface area contributed by atoms with Gasteiger partial charge in [-0.25, -0.2) is 0 Å². The highest BCUT2D eigenvalue weighted by molar-refractivity contribution is 5.73. The van der Waals surface area contributed by atoms with E-state index in [1.54, 1.807) is 0 Å². The van der Waals surface area contributed by atoms with Crippen LogP contribution in [-0.2, 0) is 9.53 Å². The minimum absolute atomic E-state index is 0.218. The Labute approximate surface area is 97.6 Å². The molecule has 0 radical (unpaired) electrons. The lowest BCUT2D eigenvalue weighted by Crippen LogP contribution is -2.39. The van der Waals surface area contributed by atoms with E-state index >= 15 is 0 Å². The third-order valence-corrected chi connectivity index (χ3v) is 2.95. The second-order valence-corrected chi connectivity index (χ2v) is 4.90. The molecule has 0 aromatic carbocycles. The average molecular weight is 229 g/mol. The Morgan fingerprint density at radius 1 is 1.56 bits per heavy atom. The molecule has 0 aliphatic carbocycles. The van der Waals surface area contributed by atoms with Gasteiger partial charge in [0.15, 0.2) is 0 Å². The van der Waals surface area contributed by atoms with Gasteiger partial charge in [-0.05, 0) is 18.8 Å². The molecule has 1 aliphatic rings. The van der Waals surface area contributed by atoms with Gasteiger partial charge in [-0.2, -0.15) is 0 Å². The molecule has 2 unspecified atom stereocenters. The summed E-state index contributed by atoms with van der Waals surface area (Å²) < 4.78 is 5.73. The summed E-state index contributed by atoms with van der Waals surface area (Å²) in [6, 6.07) is -0.340. The van der Waals surface area contributed by atoms with Gasteiger partial charge in [-0.3, -0.25) is 9.69 Å². The van der Waals surface area contributed by atoms with Crippen molar-refractivity contribution in [2.24, 2.45) is 5.92 Å². The zero-order valence-corrected chi connectivity index (χ0v) is 10.5. The van der Waals surface area contributed by atoms with Crippen LogP contribution in [0, 0.1) is 5.92 Å². The number of hydrogen-bond acceptors (Lipinski definition) is 3. The second kappa shape index (κ2) is 6.21. The molecule has 1 heterocycles. The Morgan fingerprint density at radius 3 is 2.75 bits per heavy atom. The molecule has 0 bridgehead atoms. The van der Waals surface area contributed by atoms with Crippen LogP contribution in [0.1, 0.15) is 33.6 Å². The van der Waals surface area contributed by atoms with Gasteiger partial charge >= 0.3 is 5.97 Å². The first kappa shape index (κ1) is 13.5. The monoisotopic (exact) mass is 229 g/mol. The maximum Gasteiger partial charge on any atom is 0.320 e. The Bertz CT molecular complexity index is 230. The minimum atomic E-state index is -0.716. The van der Waals surface area contributed by atoms with Crippen molar-refractivity contribution in [1.29, 1.82) is 0 Å². The van der Waals surface area contributed by atoms with E-state index in [1.165, 1.54) is 0 Å². The van der Waals surface area contributed by atoms with E-state index < -0.39 is 5.97 Å². The summed E-state index contributed by atoms with van der Waals surface area (Å²) in [5, 5.41) is 9.06. The van der Waals surface area contributed by atoms with Gasteiger partial charge in [0.05, 0.1) is 6.10 Å². The first-order valence-corrected chi connectivity index (χ1v) is 6.13. The molecule has 0 spiro atoms. The number of ether oxygens (including phenoxy) is 1. The zero-order valence-electron chi connectivity index (χ0n) is 10.5. The highest BCUT2D eigenvalue weighted by Crippen LogP contribution is 2.18. The highest BCUT2D eigenvalue weighted by Gasteiger charge is 2.31. The van der Waals surface area contributed by atoms with Crippen LogP contribution in [0.3, 0.4) is 0 Å². The average Bonchev–Trinajstić information content (AvgIpc) is 2.64. The number of carboxylic acids is 1. The van der Waals surface area contributed by atoms with Crippen LogP contribution in [0.5, 0.6) is 0 Å². The van der Waals surface area contributed by atoms with Gasteiger partial charge in [-0.15, -0.1) is 0 Å². The molecule has 0 aromatic rings. The molecule has 4 heteroatoms. The van der Waals surface area contributed by atoms with Crippen LogP contribution < -0.4 is 0 Å². The number of rotatable bonds is 6. The summed E-state index contributed by atoms with van der Waals surface area (Å²) in [5.74, 6) is -0.178. The first-order chi connectivity index (χ1) is 7.54. The van der Waals surface area contributed by atoms with Crippen molar-refractivity contribution in [3.05, 3.63) is 0 Å². The molecule has 2 atom stereocenters. The first-order valence-electron chi connectivity index (χ1n) is 6.13. The van der Waals surface area contributed by atoms with E-state index in [-0.39, 0.29) is 12.1 Å². The van der Waals surface area contributed by atoms with Gasteiger partial charge in [0.25, 0.3) is 0 Å². The van der Waals surface area contributed by atoms with Gasteiger partial charge in [0.1, 0.15) is 6.04 Å². The van der Waals surface area contributed by atoms with Crippen LogP contribution in [0.25, 0.3) is 0 Å². The van der Waals surface area contributed by atoms with E-state index in [9.17, 15) is 4.79 Å². The van der Waals surface area contributed by atoms with E-state index in [1.807, 2.05) is 11.8 Å². The van der Waals surface area contributed by atoms with Crippen molar-refractivity contribution in [3.63, 3.8) is 0 Å². The summed E-state index contributed by atoms with van der Waals surface area (Å²) in [6.45, 7) is 8.53. The smallest absolute Gasteiger partial charge is 0.320 e. The molecule has 1 N–H and O–H groups in total. The number of likely N-dealkylation sites (tertiary alicyclic amines) is 1. The largest absolute Gasteiger partial charge is 0.480 e. The Morgan fingerprint density at radius 2 is 2.25 bits per heavy atom. The topological polar surface area (TPSA) is 49.8 Å². The fraction of sp³-hybridized carbons (Fsp3) is 0.917. The van der Waals surface area contributed by atoms with Crippen LogP contribution >= 0.6 is 0 Å². The molecule has 1 saturated heterocycles. The molecule has 4 nitrogen and oxygen atoms in total. The predicted molar refractivity (Wildman–Crippen MR) is 62.5 cm³/mol. The zero-order chi connectivity index (χ0) is 12.1. The third-order valence-electron chi connectivity index (χ3n) is 2.95. The van der Waals surface area contributed by atoms with Crippen LogP contribution in [0.15, 0.2) is 0 Å². The molecule has 1 fully saturated rings. The molecular formula is C12H23NO3. The van der Waals surface area contributed by atoms with Crippen molar-refractivity contribution in [3.8, 4) is 0 Å². The predicted octanol–water partition coefficient (Wildman–Crippen LogP) is 1.60. The van der Waals surface area contributed by atoms with E-state index in [0.717, 1.165) is 26.1 Å². The van der Waals surface area contributed by atoms with Crippen LogP contribution in [-0.4, -0.2) is 47.8 Å². The second-order valence-electron chi connectivity index (χ2n) is 4.90. The Hall–Kier alpha value is -0.610. The SMILES string of the molecule is CCC(C(=O)O)N1CCC(OCC(C)C)C1. The normalized spacial score (nSPS) is 23.9. The fourth-order valence-corrected chi connectivity index (χ4v) is 2.09. The summed E-state index contributed by atoms with van der Waals surface area (Å²) in [5.41, 5.74) is 0. The van der Waals surface area contributed by atoms with Gasteiger partial charge in [0, 0.05) is 19.7 Å². The molecule has 16 heavy (non-hydrogen) atoms. The van der Waals surface area contributed by atoms with E-state index in [4.69, 9.17) is 9.84 Å². The third kappa shape index (κ3) is 3.76. The summed E-state index contributed by atoms with van der Waals surface area (Å²) in [7, 11) is 0. The van der Waals surface area contributed by atoms with Gasteiger partial charge in [-0.1, -0.05) is 20.8 Å².